The lowest BCUT2D eigenvalue weighted by molar-refractivity contribution is 0.0944. The third kappa shape index (κ3) is 3.94. The molecule has 0 atom stereocenters. The Hall–Kier alpha value is -1.58. The molecule has 0 aliphatic carbocycles. The van der Waals surface area contributed by atoms with Crippen molar-refractivity contribution in [2.45, 2.75) is 33.1 Å². The second-order valence-corrected chi connectivity index (χ2v) is 5.55. The predicted octanol–water partition coefficient (Wildman–Crippen LogP) is 2.46. The number of aromatic nitrogens is 1. The molecule has 0 aromatic carbocycles. The number of piperidine rings is 1. The Morgan fingerprint density at radius 1 is 1.32 bits per heavy atom. The largest absolute Gasteiger partial charge is 0.370 e. The van der Waals surface area contributed by atoms with E-state index in [1.54, 1.807) is 0 Å². The van der Waals surface area contributed by atoms with Gasteiger partial charge in [0.2, 0.25) is 0 Å². The maximum absolute atomic E-state index is 11.8. The third-order valence-electron chi connectivity index (χ3n) is 3.37. The number of hydrogen-bond acceptors (Lipinski definition) is 3. The maximum atomic E-state index is 11.8. The summed E-state index contributed by atoms with van der Waals surface area (Å²) in [5, 5.41) is 2.88. The summed E-state index contributed by atoms with van der Waals surface area (Å²) >= 11 is 0. The molecule has 1 aliphatic rings. The van der Waals surface area contributed by atoms with Crippen molar-refractivity contribution in [1.82, 2.24) is 10.3 Å². The molecule has 2 rings (SSSR count). The molecule has 1 aliphatic heterocycles. The Morgan fingerprint density at radius 2 is 2.05 bits per heavy atom. The lowest BCUT2D eigenvalue weighted by Crippen LogP contribution is -2.30. The molecular formula is C15H23N3O. The summed E-state index contributed by atoms with van der Waals surface area (Å²) in [5.41, 5.74) is 1.63. The third-order valence-corrected chi connectivity index (χ3v) is 3.37. The van der Waals surface area contributed by atoms with Crippen molar-refractivity contribution in [3.05, 3.63) is 24.0 Å². The summed E-state index contributed by atoms with van der Waals surface area (Å²) in [4.78, 5) is 18.5. The van der Waals surface area contributed by atoms with E-state index in [0.29, 0.717) is 18.2 Å². The molecule has 1 amide bonds. The van der Waals surface area contributed by atoms with Gasteiger partial charge in [-0.1, -0.05) is 13.8 Å². The fraction of sp³-hybridized carbons (Fsp3) is 0.600. The van der Waals surface area contributed by atoms with Crippen molar-refractivity contribution >= 4 is 11.6 Å². The summed E-state index contributed by atoms with van der Waals surface area (Å²) in [6, 6.07) is 3.82. The zero-order chi connectivity index (χ0) is 13.7. The monoisotopic (exact) mass is 261 g/mol. The smallest absolute Gasteiger partial charge is 0.269 e. The fourth-order valence-electron chi connectivity index (χ4n) is 2.25. The molecule has 4 nitrogen and oxygen atoms in total. The van der Waals surface area contributed by atoms with Crippen LogP contribution in [0.1, 0.15) is 43.6 Å². The first kappa shape index (κ1) is 13.8. The van der Waals surface area contributed by atoms with Gasteiger partial charge in [0.05, 0.1) is 11.9 Å². The number of anilines is 1. The molecule has 104 valence electrons. The van der Waals surface area contributed by atoms with Crippen LogP contribution in [-0.4, -0.2) is 30.5 Å². The molecule has 1 fully saturated rings. The van der Waals surface area contributed by atoms with Gasteiger partial charge in [-0.05, 0) is 37.3 Å². The normalized spacial score (nSPS) is 15.6. The van der Waals surface area contributed by atoms with Crippen LogP contribution in [0.4, 0.5) is 5.69 Å². The van der Waals surface area contributed by atoms with Gasteiger partial charge < -0.3 is 10.2 Å². The van der Waals surface area contributed by atoms with E-state index in [9.17, 15) is 4.79 Å². The zero-order valence-electron chi connectivity index (χ0n) is 11.9. The molecule has 0 unspecified atom stereocenters. The average Bonchev–Trinajstić information content (AvgIpc) is 2.46. The van der Waals surface area contributed by atoms with Crippen LogP contribution in [-0.2, 0) is 0 Å². The first-order valence-electron chi connectivity index (χ1n) is 7.16. The first-order valence-corrected chi connectivity index (χ1v) is 7.16. The fourth-order valence-corrected chi connectivity index (χ4v) is 2.25. The maximum Gasteiger partial charge on any atom is 0.269 e. The molecule has 0 radical (unpaired) electrons. The summed E-state index contributed by atoms with van der Waals surface area (Å²) in [5.74, 6) is 0.371. The topological polar surface area (TPSA) is 45.2 Å². The van der Waals surface area contributed by atoms with E-state index in [-0.39, 0.29) is 5.91 Å². The molecule has 0 saturated carbocycles. The minimum atomic E-state index is -0.0844. The van der Waals surface area contributed by atoms with Gasteiger partial charge in [-0.3, -0.25) is 4.79 Å². The predicted molar refractivity (Wildman–Crippen MR) is 77.5 cm³/mol. The second-order valence-electron chi connectivity index (χ2n) is 5.55. The van der Waals surface area contributed by atoms with Crippen LogP contribution in [0, 0.1) is 5.92 Å². The van der Waals surface area contributed by atoms with E-state index < -0.39 is 0 Å². The quantitative estimate of drug-likeness (QED) is 0.905. The van der Waals surface area contributed by atoms with Gasteiger partial charge in [0.1, 0.15) is 5.69 Å². The number of amides is 1. The standard InChI is InChI=1S/C15H23N3O/c1-12(2)10-17-15(19)14-7-6-13(11-16-14)18-8-4-3-5-9-18/h6-7,11-12H,3-5,8-10H2,1-2H3,(H,17,19). The number of nitrogens with zero attached hydrogens (tertiary/aromatic N) is 2. The highest BCUT2D eigenvalue weighted by atomic mass is 16.1. The van der Waals surface area contributed by atoms with Crippen molar-refractivity contribution in [2.24, 2.45) is 5.92 Å². The molecular weight excluding hydrogens is 238 g/mol. The SMILES string of the molecule is CC(C)CNC(=O)c1ccc(N2CCCCC2)cn1. The summed E-state index contributed by atoms with van der Waals surface area (Å²) < 4.78 is 0. The first-order chi connectivity index (χ1) is 9.16. The van der Waals surface area contributed by atoms with Crippen molar-refractivity contribution in [3.63, 3.8) is 0 Å². The second kappa shape index (κ2) is 6.55. The number of hydrogen-bond donors (Lipinski definition) is 1. The van der Waals surface area contributed by atoms with Gasteiger partial charge >= 0.3 is 0 Å². The van der Waals surface area contributed by atoms with Crippen LogP contribution in [0.3, 0.4) is 0 Å². The van der Waals surface area contributed by atoms with E-state index in [4.69, 9.17) is 0 Å². The number of carbonyl (C=O) groups is 1. The van der Waals surface area contributed by atoms with Gasteiger partial charge in [0, 0.05) is 19.6 Å². The van der Waals surface area contributed by atoms with E-state index in [1.807, 2.05) is 18.3 Å². The summed E-state index contributed by atoms with van der Waals surface area (Å²) in [6.07, 6.45) is 5.63. The number of pyridine rings is 1. The average molecular weight is 261 g/mol. The minimum Gasteiger partial charge on any atom is -0.370 e. The zero-order valence-corrected chi connectivity index (χ0v) is 11.9. The Labute approximate surface area is 115 Å². The molecule has 1 aromatic rings. The molecule has 2 heterocycles. The molecule has 19 heavy (non-hydrogen) atoms. The van der Waals surface area contributed by atoms with E-state index in [1.165, 1.54) is 19.3 Å². The van der Waals surface area contributed by atoms with Gasteiger partial charge in [0.25, 0.3) is 5.91 Å². The van der Waals surface area contributed by atoms with Crippen molar-refractivity contribution in [3.8, 4) is 0 Å². The van der Waals surface area contributed by atoms with E-state index in [0.717, 1.165) is 18.8 Å². The van der Waals surface area contributed by atoms with Crippen molar-refractivity contribution in [2.75, 3.05) is 24.5 Å². The summed E-state index contributed by atoms with van der Waals surface area (Å²) in [7, 11) is 0. The van der Waals surface area contributed by atoms with Gasteiger partial charge in [-0.2, -0.15) is 0 Å². The molecule has 1 aromatic heterocycles. The Bertz CT molecular complexity index is 408. The Balaban J connectivity index is 1.95. The highest BCUT2D eigenvalue weighted by Crippen LogP contribution is 2.18. The Kier molecular flexibility index (Phi) is 4.77. The molecule has 1 saturated heterocycles. The molecule has 0 bridgehead atoms. The number of rotatable bonds is 4. The molecule has 4 heteroatoms. The number of nitrogens with one attached hydrogen (secondary N) is 1. The molecule has 0 spiro atoms. The van der Waals surface area contributed by atoms with Crippen LogP contribution < -0.4 is 10.2 Å². The summed E-state index contributed by atoms with van der Waals surface area (Å²) in [6.45, 7) is 7.04. The lowest BCUT2D eigenvalue weighted by atomic mass is 10.1. The van der Waals surface area contributed by atoms with Crippen LogP contribution >= 0.6 is 0 Å². The Morgan fingerprint density at radius 3 is 2.63 bits per heavy atom. The van der Waals surface area contributed by atoms with Crippen LogP contribution in [0.25, 0.3) is 0 Å². The van der Waals surface area contributed by atoms with E-state index in [2.05, 4.69) is 29.0 Å². The van der Waals surface area contributed by atoms with Crippen LogP contribution in [0.5, 0.6) is 0 Å². The van der Waals surface area contributed by atoms with Gasteiger partial charge in [-0.15, -0.1) is 0 Å². The van der Waals surface area contributed by atoms with Crippen LogP contribution in [0.15, 0.2) is 18.3 Å². The van der Waals surface area contributed by atoms with Gasteiger partial charge in [0.15, 0.2) is 0 Å². The van der Waals surface area contributed by atoms with Crippen molar-refractivity contribution < 1.29 is 4.79 Å². The van der Waals surface area contributed by atoms with Crippen molar-refractivity contribution in [1.29, 1.82) is 0 Å². The molecule has 1 N–H and O–H groups in total. The number of carbonyl (C=O) groups excluding carboxylic acids is 1. The lowest BCUT2D eigenvalue weighted by Gasteiger charge is -2.28. The van der Waals surface area contributed by atoms with Crippen LogP contribution in [0.2, 0.25) is 0 Å². The van der Waals surface area contributed by atoms with E-state index >= 15 is 0 Å². The highest BCUT2D eigenvalue weighted by molar-refractivity contribution is 5.92. The minimum absolute atomic E-state index is 0.0844. The highest BCUT2D eigenvalue weighted by Gasteiger charge is 2.12. The van der Waals surface area contributed by atoms with Gasteiger partial charge in [-0.25, -0.2) is 4.98 Å².